The molecule has 0 spiro atoms. The minimum absolute atomic E-state index is 0.159. The number of aromatic amines is 2. The highest BCUT2D eigenvalue weighted by Crippen LogP contribution is 2.19. The Morgan fingerprint density at radius 3 is 1.50 bits per heavy atom. The zero-order valence-corrected chi connectivity index (χ0v) is 10.1. The van der Waals surface area contributed by atoms with Gasteiger partial charge in [0.2, 0.25) is 0 Å². The van der Waals surface area contributed by atoms with Crippen molar-refractivity contribution in [3.05, 3.63) is 36.4 Å². The molecule has 0 aliphatic rings. The lowest BCUT2D eigenvalue weighted by molar-refractivity contribution is 0.479. The summed E-state index contributed by atoms with van der Waals surface area (Å²) in [6.45, 7) is 0. The van der Waals surface area contributed by atoms with Crippen LogP contribution in [0.4, 0.5) is 0 Å². The molecule has 2 aromatic carbocycles. The molecule has 4 aromatic rings. The molecule has 2 aromatic heterocycles. The first-order chi connectivity index (χ1) is 9.75. The van der Waals surface area contributed by atoms with Crippen molar-refractivity contribution in [2.24, 2.45) is 0 Å². The van der Waals surface area contributed by atoms with E-state index in [-0.39, 0.29) is 11.5 Å². The van der Waals surface area contributed by atoms with Gasteiger partial charge in [-0.3, -0.25) is 0 Å². The molecule has 0 unspecified atom stereocenters. The predicted octanol–water partition coefficient (Wildman–Crippen LogP) is 1.33. The number of phenolic OH excluding ortho intramolecular Hbond substituents is 2. The summed E-state index contributed by atoms with van der Waals surface area (Å²) < 4.78 is 0. The van der Waals surface area contributed by atoms with Crippen LogP contribution in [0.3, 0.4) is 0 Å². The molecule has 0 saturated carbocycles. The number of nitrogens with zero attached hydrogens (tertiary/aromatic N) is 4. The third-order valence-electron chi connectivity index (χ3n) is 2.65. The van der Waals surface area contributed by atoms with Gasteiger partial charge < -0.3 is 10.2 Å². The van der Waals surface area contributed by atoms with E-state index in [4.69, 9.17) is 10.2 Å². The largest absolute Gasteiger partial charge is 0.506 e. The minimum atomic E-state index is 0.159. The van der Waals surface area contributed by atoms with Gasteiger partial charge in [0.1, 0.15) is 22.5 Å². The summed E-state index contributed by atoms with van der Waals surface area (Å²) in [6.07, 6.45) is 0. The Hall–Kier alpha value is -3.16. The summed E-state index contributed by atoms with van der Waals surface area (Å²) in [7, 11) is 0. The molecule has 8 heteroatoms. The number of nitrogens with one attached hydrogen (secondary N) is 2. The highest BCUT2D eigenvalue weighted by molar-refractivity contribution is 5.80. The summed E-state index contributed by atoms with van der Waals surface area (Å²) in [5, 5.41) is 38.1. The number of aromatic nitrogens is 6. The maximum atomic E-state index is 9.14. The average Bonchev–Trinajstić information content (AvgIpc) is 3.08. The number of hydrogen-bond acceptors (Lipinski definition) is 6. The molecule has 2 heterocycles. The third-order valence-corrected chi connectivity index (χ3v) is 2.65. The van der Waals surface area contributed by atoms with E-state index in [0.717, 1.165) is 0 Å². The van der Waals surface area contributed by atoms with Crippen LogP contribution in [0.2, 0.25) is 0 Å². The van der Waals surface area contributed by atoms with E-state index in [9.17, 15) is 0 Å². The van der Waals surface area contributed by atoms with Crippen LogP contribution in [-0.2, 0) is 0 Å². The fourth-order valence-corrected chi connectivity index (χ4v) is 1.71. The lowest BCUT2D eigenvalue weighted by Crippen LogP contribution is -1.68. The van der Waals surface area contributed by atoms with Gasteiger partial charge in [-0.25, -0.2) is 0 Å². The van der Waals surface area contributed by atoms with Crippen LogP contribution in [0.1, 0.15) is 0 Å². The van der Waals surface area contributed by atoms with Crippen LogP contribution < -0.4 is 0 Å². The quantitative estimate of drug-likeness (QED) is 0.382. The first-order valence-corrected chi connectivity index (χ1v) is 5.72. The van der Waals surface area contributed by atoms with Gasteiger partial charge in [0.25, 0.3) is 0 Å². The first kappa shape index (κ1) is 11.9. The summed E-state index contributed by atoms with van der Waals surface area (Å²) in [5.41, 5.74) is 2.39. The Bertz CT molecular complexity index is 781. The summed E-state index contributed by atoms with van der Waals surface area (Å²) in [4.78, 5) is 0. The second kappa shape index (κ2) is 4.84. The van der Waals surface area contributed by atoms with Crippen LogP contribution in [0, 0.1) is 0 Å². The van der Waals surface area contributed by atoms with E-state index in [1.165, 1.54) is 0 Å². The topological polar surface area (TPSA) is 124 Å². The van der Waals surface area contributed by atoms with E-state index in [0.29, 0.717) is 22.1 Å². The van der Waals surface area contributed by atoms with Crippen molar-refractivity contribution in [2.75, 3.05) is 0 Å². The Morgan fingerprint density at radius 2 is 1.10 bits per heavy atom. The molecule has 100 valence electrons. The van der Waals surface area contributed by atoms with Gasteiger partial charge in [0.05, 0.1) is 0 Å². The molecular formula is C12H10N6O2. The van der Waals surface area contributed by atoms with E-state index in [2.05, 4.69) is 30.8 Å². The zero-order chi connectivity index (χ0) is 13.9. The Morgan fingerprint density at radius 1 is 0.650 bits per heavy atom. The fourth-order valence-electron chi connectivity index (χ4n) is 1.71. The van der Waals surface area contributed by atoms with Crippen LogP contribution in [0.25, 0.3) is 22.1 Å². The zero-order valence-electron chi connectivity index (χ0n) is 10.1. The maximum absolute atomic E-state index is 9.14. The standard InChI is InChI=1S/2C6H5N3O/c2*10-5-3-1-2-4-6(5)8-9-7-4/h2*1-3,10H,(H,7,8,9). The van der Waals surface area contributed by atoms with Crippen LogP contribution in [0.5, 0.6) is 11.5 Å². The van der Waals surface area contributed by atoms with Crippen molar-refractivity contribution < 1.29 is 10.2 Å². The number of H-pyrrole nitrogens is 2. The average molecular weight is 270 g/mol. The predicted molar refractivity (Wildman–Crippen MR) is 71.1 cm³/mol. The first-order valence-electron chi connectivity index (χ1n) is 5.72. The van der Waals surface area contributed by atoms with Crippen molar-refractivity contribution in [1.82, 2.24) is 30.8 Å². The minimum Gasteiger partial charge on any atom is -0.506 e. The number of fused-ring (bicyclic) bond motifs is 2. The summed E-state index contributed by atoms with van der Waals surface area (Å²) >= 11 is 0. The molecular weight excluding hydrogens is 260 g/mol. The second-order valence-corrected chi connectivity index (χ2v) is 3.94. The van der Waals surface area contributed by atoms with E-state index >= 15 is 0 Å². The molecule has 0 bridgehead atoms. The van der Waals surface area contributed by atoms with Crippen molar-refractivity contribution in [3.63, 3.8) is 0 Å². The SMILES string of the molecule is Oc1cccc2n[nH]nc12.Oc1cccc2n[nH]nc12. The van der Waals surface area contributed by atoms with Gasteiger partial charge in [-0.05, 0) is 24.3 Å². The van der Waals surface area contributed by atoms with Crippen molar-refractivity contribution in [2.45, 2.75) is 0 Å². The lowest BCUT2D eigenvalue weighted by Gasteiger charge is -1.87. The summed E-state index contributed by atoms with van der Waals surface area (Å²) in [5.74, 6) is 0.317. The molecule has 0 saturated heterocycles. The van der Waals surface area contributed by atoms with E-state index in [1.807, 2.05) is 0 Å². The fraction of sp³-hybridized carbons (Fsp3) is 0. The molecule has 0 amide bonds. The Kier molecular flexibility index (Phi) is 2.88. The molecule has 4 rings (SSSR count). The molecule has 0 atom stereocenters. The Balaban J connectivity index is 0.000000121. The Labute approximate surface area is 112 Å². The smallest absolute Gasteiger partial charge is 0.154 e. The van der Waals surface area contributed by atoms with Gasteiger partial charge in [0, 0.05) is 0 Å². The molecule has 0 radical (unpaired) electrons. The number of benzene rings is 2. The van der Waals surface area contributed by atoms with Crippen LogP contribution in [0.15, 0.2) is 36.4 Å². The summed E-state index contributed by atoms with van der Waals surface area (Å²) in [6, 6.07) is 10.1. The number of rotatable bonds is 0. The molecule has 8 nitrogen and oxygen atoms in total. The lowest BCUT2D eigenvalue weighted by atomic mass is 10.3. The molecule has 0 aliphatic heterocycles. The van der Waals surface area contributed by atoms with E-state index in [1.54, 1.807) is 36.4 Å². The van der Waals surface area contributed by atoms with Gasteiger partial charge in [-0.1, -0.05) is 12.1 Å². The van der Waals surface area contributed by atoms with Gasteiger partial charge in [-0.15, -0.1) is 0 Å². The van der Waals surface area contributed by atoms with Crippen LogP contribution >= 0.6 is 0 Å². The van der Waals surface area contributed by atoms with E-state index < -0.39 is 0 Å². The van der Waals surface area contributed by atoms with Gasteiger partial charge in [-0.2, -0.15) is 30.8 Å². The van der Waals surface area contributed by atoms with Crippen molar-refractivity contribution in [3.8, 4) is 11.5 Å². The van der Waals surface area contributed by atoms with Crippen molar-refractivity contribution >= 4 is 22.1 Å². The monoisotopic (exact) mass is 270 g/mol. The van der Waals surface area contributed by atoms with Gasteiger partial charge in [0.15, 0.2) is 11.0 Å². The third kappa shape index (κ3) is 2.09. The molecule has 20 heavy (non-hydrogen) atoms. The molecule has 0 aliphatic carbocycles. The van der Waals surface area contributed by atoms with Crippen molar-refractivity contribution in [1.29, 1.82) is 0 Å². The number of aromatic hydroxyl groups is 2. The highest BCUT2D eigenvalue weighted by Gasteiger charge is 2.00. The van der Waals surface area contributed by atoms with Crippen LogP contribution in [-0.4, -0.2) is 41.0 Å². The number of para-hydroxylation sites is 2. The highest BCUT2D eigenvalue weighted by atomic mass is 16.3. The second-order valence-electron chi connectivity index (χ2n) is 3.94. The normalized spacial score (nSPS) is 10.4. The molecule has 4 N–H and O–H groups in total. The maximum Gasteiger partial charge on any atom is 0.154 e. The van der Waals surface area contributed by atoms with Gasteiger partial charge >= 0.3 is 0 Å². The number of phenols is 2. The molecule has 0 fully saturated rings. The number of hydrogen-bond donors (Lipinski definition) is 4.